The van der Waals surface area contributed by atoms with Crippen LogP contribution in [0.4, 0.5) is 8.78 Å². The van der Waals surface area contributed by atoms with Gasteiger partial charge in [0.2, 0.25) is 11.8 Å². The standard InChI is InChI=1S/C16H21F2N3O2.ClH/c17-13-5-1-3-11(15(13)18)9-14(22)21-8-2-4-12(10-21)16(23)20-7-6-19;/h1,3,5,12H,2,4,6-10,19H2,(H,20,23);1H. The first-order valence-electron chi connectivity index (χ1n) is 7.71. The molecule has 1 heterocycles. The molecule has 1 aliphatic rings. The zero-order valence-electron chi connectivity index (χ0n) is 13.3. The number of carbonyl (C=O) groups is 2. The highest BCUT2D eigenvalue weighted by atomic mass is 35.5. The van der Waals surface area contributed by atoms with E-state index in [1.54, 1.807) is 4.90 Å². The molecule has 8 heteroatoms. The van der Waals surface area contributed by atoms with Crippen LogP contribution in [0.2, 0.25) is 0 Å². The van der Waals surface area contributed by atoms with Gasteiger partial charge in [-0.05, 0) is 18.9 Å². The van der Waals surface area contributed by atoms with Crippen LogP contribution in [-0.4, -0.2) is 42.9 Å². The van der Waals surface area contributed by atoms with Gasteiger partial charge in [0.05, 0.1) is 12.3 Å². The van der Waals surface area contributed by atoms with Crippen molar-refractivity contribution in [1.82, 2.24) is 10.2 Å². The number of nitrogens with zero attached hydrogens (tertiary/aromatic N) is 1. The molecule has 24 heavy (non-hydrogen) atoms. The summed E-state index contributed by atoms with van der Waals surface area (Å²) in [7, 11) is 0. The molecular formula is C16H22ClF2N3O2. The number of nitrogens with two attached hydrogens (primary N) is 1. The van der Waals surface area contributed by atoms with Crippen molar-refractivity contribution in [3.8, 4) is 0 Å². The normalized spacial score (nSPS) is 17.1. The summed E-state index contributed by atoms with van der Waals surface area (Å²) < 4.78 is 26.8. The van der Waals surface area contributed by atoms with Crippen LogP contribution >= 0.6 is 12.4 Å². The number of amides is 2. The van der Waals surface area contributed by atoms with Crippen LogP contribution in [-0.2, 0) is 16.0 Å². The van der Waals surface area contributed by atoms with E-state index in [9.17, 15) is 18.4 Å². The van der Waals surface area contributed by atoms with Gasteiger partial charge in [-0.2, -0.15) is 0 Å². The molecular weight excluding hydrogens is 340 g/mol. The first-order chi connectivity index (χ1) is 11.0. The van der Waals surface area contributed by atoms with Crippen molar-refractivity contribution in [2.24, 2.45) is 11.7 Å². The third-order valence-electron chi connectivity index (χ3n) is 3.96. The molecule has 0 aliphatic carbocycles. The first-order valence-corrected chi connectivity index (χ1v) is 7.71. The van der Waals surface area contributed by atoms with Crippen molar-refractivity contribution in [3.05, 3.63) is 35.4 Å². The molecule has 0 bridgehead atoms. The number of hydrogen-bond donors (Lipinski definition) is 2. The van der Waals surface area contributed by atoms with E-state index >= 15 is 0 Å². The van der Waals surface area contributed by atoms with Crippen molar-refractivity contribution in [1.29, 1.82) is 0 Å². The fourth-order valence-corrected chi connectivity index (χ4v) is 2.72. The maximum atomic E-state index is 13.7. The fraction of sp³-hybridized carbons (Fsp3) is 0.500. The Hall–Kier alpha value is -1.73. The van der Waals surface area contributed by atoms with Crippen LogP contribution in [0.5, 0.6) is 0 Å². The molecule has 1 atom stereocenters. The molecule has 0 aromatic heterocycles. The average Bonchev–Trinajstić information content (AvgIpc) is 2.57. The second-order valence-electron chi connectivity index (χ2n) is 5.65. The lowest BCUT2D eigenvalue weighted by Gasteiger charge is -2.32. The van der Waals surface area contributed by atoms with Crippen LogP contribution in [0.15, 0.2) is 18.2 Å². The van der Waals surface area contributed by atoms with Crippen LogP contribution in [0.3, 0.4) is 0 Å². The predicted octanol–water partition coefficient (Wildman–Crippen LogP) is 1.24. The number of halogens is 3. The third kappa shape index (κ3) is 5.14. The van der Waals surface area contributed by atoms with E-state index in [-0.39, 0.29) is 42.1 Å². The Labute approximate surface area is 146 Å². The molecule has 2 amide bonds. The Morgan fingerprint density at radius 2 is 2.08 bits per heavy atom. The molecule has 3 N–H and O–H groups in total. The van der Waals surface area contributed by atoms with Crippen LogP contribution in [0.25, 0.3) is 0 Å². The lowest BCUT2D eigenvalue weighted by atomic mass is 9.96. The minimum atomic E-state index is -0.991. The minimum absolute atomic E-state index is 0. The van der Waals surface area contributed by atoms with Gasteiger partial charge in [0.25, 0.3) is 0 Å². The SMILES string of the molecule is Cl.NCCNC(=O)C1CCCN(C(=O)Cc2cccc(F)c2F)C1. The maximum absolute atomic E-state index is 13.7. The number of hydrogen-bond acceptors (Lipinski definition) is 3. The molecule has 2 rings (SSSR count). The summed E-state index contributed by atoms with van der Waals surface area (Å²) in [6, 6.07) is 3.79. The number of piperidine rings is 1. The maximum Gasteiger partial charge on any atom is 0.227 e. The van der Waals surface area contributed by atoms with E-state index in [0.717, 1.165) is 6.07 Å². The molecule has 1 aromatic carbocycles. The van der Waals surface area contributed by atoms with Gasteiger partial charge in [0, 0.05) is 31.7 Å². The van der Waals surface area contributed by atoms with Crippen LogP contribution in [0, 0.1) is 17.6 Å². The van der Waals surface area contributed by atoms with Crippen LogP contribution in [0.1, 0.15) is 18.4 Å². The summed E-state index contributed by atoms with van der Waals surface area (Å²) in [5, 5.41) is 2.72. The molecule has 134 valence electrons. The second-order valence-corrected chi connectivity index (χ2v) is 5.65. The number of carbonyl (C=O) groups excluding carboxylic acids is 2. The zero-order valence-corrected chi connectivity index (χ0v) is 14.1. The van der Waals surface area contributed by atoms with E-state index in [1.165, 1.54) is 12.1 Å². The fourth-order valence-electron chi connectivity index (χ4n) is 2.72. The summed E-state index contributed by atoms with van der Waals surface area (Å²) >= 11 is 0. The van der Waals surface area contributed by atoms with Gasteiger partial charge < -0.3 is 16.0 Å². The summed E-state index contributed by atoms with van der Waals surface area (Å²) in [6.45, 7) is 1.58. The van der Waals surface area contributed by atoms with Crippen molar-refractivity contribution >= 4 is 24.2 Å². The van der Waals surface area contributed by atoms with E-state index in [1.807, 2.05) is 0 Å². The summed E-state index contributed by atoms with van der Waals surface area (Å²) in [5.74, 6) is -2.66. The van der Waals surface area contributed by atoms with Gasteiger partial charge >= 0.3 is 0 Å². The molecule has 1 saturated heterocycles. The smallest absolute Gasteiger partial charge is 0.227 e. The molecule has 0 spiro atoms. The zero-order chi connectivity index (χ0) is 16.8. The predicted molar refractivity (Wildman–Crippen MR) is 88.7 cm³/mol. The molecule has 1 fully saturated rings. The molecule has 1 unspecified atom stereocenters. The Morgan fingerprint density at radius 3 is 2.79 bits per heavy atom. The molecule has 1 aromatic rings. The van der Waals surface area contributed by atoms with E-state index in [0.29, 0.717) is 39.0 Å². The largest absolute Gasteiger partial charge is 0.355 e. The Bertz CT molecular complexity index is 586. The highest BCUT2D eigenvalue weighted by Gasteiger charge is 2.28. The highest BCUT2D eigenvalue weighted by molar-refractivity contribution is 5.85. The number of nitrogens with one attached hydrogen (secondary N) is 1. The molecule has 5 nitrogen and oxygen atoms in total. The lowest BCUT2D eigenvalue weighted by Crippen LogP contribution is -2.46. The quantitative estimate of drug-likeness (QED) is 0.828. The number of rotatable bonds is 5. The van der Waals surface area contributed by atoms with Crippen molar-refractivity contribution in [2.75, 3.05) is 26.2 Å². The van der Waals surface area contributed by atoms with E-state index in [4.69, 9.17) is 5.73 Å². The Kier molecular flexibility index (Phi) is 8.07. The summed E-state index contributed by atoms with van der Waals surface area (Å²) in [5.41, 5.74) is 5.38. The molecule has 1 aliphatic heterocycles. The topological polar surface area (TPSA) is 75.4 Å². The van der Waals surface area contributed by atoms with Gasteiger partial charge in [-0.15, -0.1) is 12.4 Å². The molecule has 0 radical (unpaired) electrons. The second kappa shape index (κ2) is 9.54. The first kappa shape index (κ1) is 20.3. The van der Waals surface area contributed by atoms with Gasteiger partial charge in [-0.3, -0.25) is 9.59 Å². The molecule has 0 saturated carbocycles. The van der Waals surface area contributed by atoms with Crippen LogP contribution < -0.4 is 11.1 Å². The van der Waals surface area contributed by atoms with Crippen molar-refractivity contribution < 1.29 is 18.4 Å². The Balaban J connectivity index is 0.00000288. The minimum Gasteiger partial charge on any atom is -0.355 e. The lowest BCUT2D eigenvalue weighted by molar-refractivity contribution is -0.135. The summed E-state index contributed by atoms with van der Waals surface area (Å²) in [4.78, 5) is 25.8. The van der Waals surface area contributed by atoms with Gasteiger partial charge in [-0.1, -0.05) is 12.1 Å². The monoisotopic (exact) mass is 361 g/mol. The van der Waals surface area contributed by atoms with Crippen molar-refractivity contribution in [2.45, 2.75) is 19.3 Å². The highest BCUT2D eigenvalue weighted by Crippen LogP contribution is 2.19. The van der Waals surface area contributed by atoms with Gasteiger partial charge in [0.15, 0.2) is 11.6 Å². The van der Waals surface area contributed by atoms with Crippen molar-refractivity contribution in [3.63, 3.8) is 0 Å². The summed E-state index contributed by atoms with van der Waals surface area (Å²) in [6.07, 6.45) is 1.20. The van der Waals surface area contributed by atoms with Gasteiger partial charge in [0.1, 0.15) is 0 Å². The van der Waals surface area contributed by atoms with Gasteiger partial charge in [-0.25, -0.2) is 8.78 Å². The number of benzene rings is 1. The average molecular weight is 362 g/mol. The van der Waals surface area contributed by atoms with E-state index < -0.39 is 11.6 Å². The number of likely N-dealkylation sites (tertiary alicyclic amines) is 1. The Morgan fingerprint density at radius 1 is 1.33 bits per heavy atom. The van der Waals surface area contributed by atoms with E-state index in [2.05, 4.69) is 5.32 Å². The third-order valence-corrected chi connectivity index (χ3v) is 3.96.